The zero-order valence-electron chi connectivity index (χ0n) is 10.8. The molecule has 0 saturated heterocycles. The molecule has 19 heavy (non-hydrogen) atoms. The van der Waals surface area contributed by atoms with E-state index in [0.717, 1.165) is 11.3 Å². The Morgan fingerprint density at radius 1 is 1.32 bits per heavy atom. The van der Waals surface area contributed by atoms with E-state index in [0.29, 0.717) is 18.1 Å². The maximum absolute atomic E-state index is 11.2. The molecular formula is C14H14N2O3. The third kappa shape index (κ3) is 2.88. The number of aromatic nitrogens is 2. The van der Waals surface area contributed by atoms with Crippen LogP contribution in [0.3, 0.4) is 0 Å². The van der Waals surface area contributed by atoms with Crippen LogP contribution in [0.4, 0.5) is 0 Å². The van der Waals surface area contributed by atoms with E-state index in [9.17, 15) is 4.79 Å². The van der Waals surface area contributed by atoms with Crippen molar-refractivity contribution in [3.63, 3.8) is 0 Å². The van der Waals surface area contributed by atoms with Gasteiger partial charge in [0.05, 0.1) is 12.3 Å². The van der Waals surface area contributed by atoms with Crippen LogP contribution < -0.4 is 4.74 Å². The Morgan fingerprint density at radius 3 is 2.58 bits per heavy atom. The first-order valence-corrected chi connectivity index (χ1v) is 5.92. The molecule has 0 radical (unpaired) electrons. The summed E-state index contributed by atoms with van der Waals surface area (Å²) in [7, 11) is 0. The van der Waals surface area contributed by atoms with Gasteiger partial charge < -0.3 is 9.84 Å². The van der Waals surface area contributed by atoms with E-state index in [1.54, 1.807) is 31.2 Å². The number of hydrogen-bond donors (Lipinski definition) is 1. The van der Waals surface area contributed by atoms with E-state index in [-0.39, 0.29) is 5.56 Å². The van der Waals surface area contributed by atoms with Crippen LogP contribution >= 0.6 is 0 Å². The first kappa shape index (κ1) is 13.0. The molecule has 0 aliphatic carbocycles. The van der Waals surface area contributed by atoms with Gasteiger partial charge in [-0.2, -0.15) is 0 Å². The number of ether oxygens (including phenoxy) is 1. The standard InChI is InChI=1S/C14H14N2O3/c1-3-19-11-6-4-10(5-7-11)13-12(14(17)18)8-15-9(2)16-13/h4-8H,3H2,1-2H3,(H,17,18). The molecule has 98 valence electrons. The van der Waals surface area contributed by atoms with E-state index >= 15 is 0 Å². The van der Waals surface area contributed by atoms with Crippen molar-refractivity contribution >= 4 is 5.97 Å². The Morgan fingerprint density at radius 2 is 2.00 bits per heavy atom. The molecule has 0 bridgehead atoms. The zero-order valence-corrected chi connectivity index (χ0v) is 10.8. The molecule has 0 atom stereocenters. The minimum Gasteiger partial charge on any atom is -0.494 e. The topological polar surface area (TPSA) is 72.3 Å². The van der Waals surface area contributed by atoms with Gasteiger partial charge in [0, 0.05) is 11.8 Å². The highest BCUT2D eigenvalue weighted by atomic mass is 16.5. The fourth-order valence-electron chi connectivity index (χ4n) is 1.72. The molecule has 1 N–H and O–H groups in total. The molecule has 0 fully saturated rings. The SMILES string of the molecule is CCOc1ccc(-c2nc(C)ncc2C(=O)O)cc1. The summed E-state index contributed by atoms with van der Waals surface area (Å²) in [5, 5.41) is 9.15. The van der Waals surface area contributed by atoms with E-state index < -0.39 is 5.97 Å². The van der Waals surface area contributed by atoms with Crippen LogP contribution in [0, 0.1) is 6.92 Å². The van der Waals surface area contributed by atoms with Crippen molar-refractivity contribution < 1.29 is 14.6 Å². The Kier molecular flexibility index (Phi) is 3.75. The Balaban J connectivity index is 2.45. The van der Waals surface area contributed by atoms with Gasteiger partial charge in [0.2, 0.25) is 0 Å². The molecule has 0 aliphatic heterocycles. The maximum atomic E-state index is 11.2. The van der Waals surface area contributed by atoms with E-state index in [2.05, 4.69) is 9.97 Å². The molecule has 1 aromatic heterocycles. The van der Waals surface area contributed by atoms with Gasteiger partial charge in [-0.25, -0.2) is 14.8 Å². The average Bonchev–Trinajstić information content (AvgIpc) is 2.39. The number of carbonyl (C=O) groups is 1. The van der Waals surface area contributed by atoms with Crippen LogP contribution in [-0.2, 0) is 0 Å². The molecule has 0 unspecified atom stereocenters. The predicted octanol–water partition coefficient (Wildman–Crippen LogP) is 2.55. The second kappa shape index (κ2) is 5.48. The quantitative estimate of drug-likeness (QED) is 0.912. The Labute approximate surface area is 110 Å². The molecule has 5 heteroatoms. The predicted molar refractivity (Wildman–Crippen MR) is 70.3 cm³/mol. The van der Waals surface area contributed by atoms with E-state index in [1.165, 1.54) is 6.20 Å². The number of aryl methyl sites for hydroxylation is 1. The smallest absolute Gasteiger partial charge is 0.339 e. The molecule has 0 spiro atoms. The van der Waals surface area contributed by atoms with Crippen molar-refractivity contribution in [3.05, 3.63) is 41.9 Å². The van der Waals surface area contributed by atoms with Gasteiger partial charge in [-0.1, -0.05) is 0 Å². The van der Waals surface area contributed by atoms with E-state index in [4.69, 9.17) is 9.84 Å². The number of nitrogens with zero attached hydrogens (tertiary/aromatic N) is 2. The third-order valence-corrected chi connectivity index (χ3v) is 2.58. The molecule has 0 saturated carbocycles. The summed E-state index contributed by atoms with van der Waals surface area (Å²) in [6, 6.07) is 7.17. The van der Waals surface area contributed by atoms with Crippen molar-refractivity contribution in [1.29, 1.82) is 0 Å². The summed E-state index contributed by atoms with van der Waals surface area (Å²) in [6.07, 6.45) is 1.33. The van der Waals surface area contributed by atoms with Gasteiger partial charge in [-0.05, 0) is 38.1 Å². The molecule has 0 aliphatic rings. The number of benzene rings is 1. The first-order chi connectivity index (χ1) is 9.11. The fraction of sp³-hybridized carbons (Fsp3) is 0.214. The van der Waals surface area contributed by atoms with Crippen molar-refractivity contribution in [2.75, 3.05) is 6.61 Å². The van der Waals surface area contributed by atoms with Crippen LogP contribution in [0.15, 0.2) is 30.5 Å². The molecule has 5 nitrogen and oxygen atoms in total. The number of rotatable bonds is 4. The average molecular weight is 258 g/mol. The largest absolute Gasteiger partial charge is 0.494 e. The van der Waals surface area contributed by atoms with Crippen LogP contribution in [0.2, 0.25) is 0 Å². The third-order valence-electron chi connectivity index (χ3n) is 2.58. The molecule has 0 amide bonds. The molecule has 2 rings (SSSR count). The summed E-state index contributed by atoms with van der Waals surface area (Å²) in [4.78, 5) is 19.3. The summed E-state index contributed by atoms with van der Waals surface area (Å²) in [5.41, 5.74) is 1.24. The monoisotopic (exact) mass is 258 g/mol. The number of carboxylic acid groups (broad SMARTS) is 1. The lowest BCUT2D eigenvalue weighted by Crippen LogP contribution is -2.04. The minimum absolute atomic E-state index is 0.0924. The summed E-state index contributed by atoms with van der Waals surface area (Å²) >= 11 is 0. The lowest BCUT2D eigenvalue weighted by molar-refractivity contribution is 0.0697. The number of carboxylic acids is 1. The molecule has 1 heterocycles. The Bertz CT molecular complexity index is 594. The second-order valence-electron chi connectivity index (χ2n) is 3.94. The van der Waals surface area contributed by atoms with E-state index in [1.807, 2.05) is 6.92 Å². The van der Waals surface area contributed by atoms with Gasteiger partial charge in [-0.15, -0.1) is 0 Å². The lowest BCUT2D eigenvalue weighted by atomic mass is 10.1. The minimum atomic E-state index is -1.04. The highest BCUT2D eigenvalue weighted by Gasteiger charge is 2.14. The van der Waals surface area contributed by atoms with Crippen molar-refractivity contribution in [3.8, 4) is 17.0 Å². The zero-order chi connectivity index (χ0) is 13.8. The van der Waals surface area contributed by atoms with Gasteiger partial charge >= 0.3 is 5.97 Å². The normalized spacial score (nSPS) is 10.2. The second-order valence-corrected chi connectivity index (χ2v) is 3.94. The summed E-state index contributed by atoms with van der Waals surface area (Å²) in [6.45, 7) is 4.22. The summed E-state index contributed by atoms with van der Waals surface area (Å²) in [5.74, 6) is 0.242. The van der Waals surface area contributed by atoms with Gasteiger partial charge in [-0.3, -0.25) is 0 Å². The van der Waals surface area contributed by atoms with Crippen LogP contribution in [0.25, 0.3) is 11.3 Å². The molecule has 2 aromatic rings. The van der Waals surface area contributed by atoms with Crippen LogP contribution in [-0.4, -0.2) is 27.7 Å². The van der Waals surface area contributed by atoms with Gasteiger partial charge in [0.15, 0.2) is 0 Å². The van der Waals surface area contributed by atoms with Crippen LogP contribution in [0.1, 0.15) is 23.1 Å². The maximum Gasteiger partial charge on any atom is 0.339 e. The highest BCUT2D eigenvalue weighted by molar-refractivity contribution is 5.94. The number of hydrogen-bond acceptors (Lipinski definition) is 4. The first-order valence-electron chi connectivity index (χ1n) is 5.92. The Hall–Kier alpha value is -2.43. The van der Waals surface area contributed by atoms with Gasteiger partial charge in [0.1, 0.15) is 17.1 Å². The van der Waals surface area contributed by atoms with Gasteiger partial charge in [0.25, 0.3) is 0 Å². The van der Waals surface area contributed by atoms with Crippen molar-refractivity contribution in [1.82, 2.24) is 9.97 Å². The van der Waals surface area contributed by atoms with Crippen LogP contribution in [0.5, 0.6) is 5.75 Å². The number of aromatic carboxylic acids is 1. The molecule has 1 aromatic carbocycles. The highest BCUT2D eigenvalue weighted by Crippen LogP contribution is 2.24. The van der Waals surface area contributed by atoms with Crippen molar-refractivity contribution in [2.45, 2.75) is 13.8 Å². The fourth-order valence-corrected chi connectivity index (χ4v) is 1.72. The molecular weight excluding hydrogens is 244 g/mol. The summed E-state index contributed by atoms with van der Waals surface area (Å²) < 4.78 is 5.35. The van der Waals surface area contributed by atoms with Crippen molar-refractivity contribution in [2.24, 2.45) is 0 Å². The lowest BCUT2D eigenvalue weighted by Gasteiger charge is -2.07.